The van der Waals surface area contributed by atoms with Gasteiger partial charge in [-0.3, -0.25) is 9.30 Å². The third-order valence-corrected chi connectivity index (χ3v) is 4.46. The topological polar surface area (TPSA) is 42.7 Å². The van der Waals surface area contributed by atoms with Crippen LogP contribution in [-0.4, -0.2) is 39.7 Å². The third kappa shape index (κ3) is 3.56. The van der Waals surface area contributed by atoms with E-state index in [2.05, 4.69) is 52.4 Å². The molecule has 0 spiro atoms. The van der Waals surface area contributed by atoms with Crippen molar-refractivity contribution >= 4 is 5.65 Å². The lowest BCUT2D eigenvalue weighted by atomic mass is 9.95. The smallest absolute Gasteiger partial charge is 0.161 e. The number of hydrogen-bond donors (Lipinski definition) is 0. The van der Waals surface area contributed by atoms with E-state index in [-0.39, 0.29) is 5.41 Å². The molecule has 0 radical (unpaired) electrons. The second kappa shape index (κ2) is 6.57. The summed E-state index contributed by atoms with van der Waals surface area (Å²) in [7, 11) is 1.74. The van der Waals surface area contributed by atoms with Crippen molar-refractivity contribution in [3.8, 4) is 0 Å². The largest absolute Gasteiger partial charge is 0.378 e. The number of pyridine rings is 1. The predicted octanol–water partition coefficient (Wildman–Crippen LogP) is 3.16. The van der Waals surface area contributed by atoms with Gasteiger partial charge in [-0.25, -0.2) is 0 Å². The van der Waals surface area contributed by atoms with Crippen molar-refractivity contribution in [2.24, 2.45) is 0 Å². The van der Waals surface area contributed by atoms with E-state index in [1.54, 1.807) is 7.11 Å². The molecule has 2 aromatic rings. The molecule has 0 atom stereocenters. The van der Waals surface area contributed by atoms with Crippen LogP contribution in [0.2, 0.25) is 0 Å². The van der Waals surface area contributed by atoms with E-state index in [0.29, 0.717) is 6.61 Å². The molecule has 3 rings (SSSR count). The van der Waals surface area contributed by atoms with Gasteiger partial charge in [0.05, 0.1) is 12.3 Å². The molecule has 23 heavy (non-hydrogen) atoms. The summed E-state index contributed by atoms with van der Waals surface area (Å²) in [4.78, 5) is 2.53. The fourth-order valence-electron chi connectivity index (χ4n) is 3.37. The van der Waals surface area contributed by atoms with Crippen LogP contribution in [-0.2, 0) is 23.3 Å². The van der Waals surface area contributed by atoms with Crippen LogP contribution >= 0.6 is 0 Å². The molecule has 0 N–H and O–H groups in total. The Bertz CT molecular complexity index is 665. The Kier molecular flexibility index (Phi) is 4.69. The van der Waals surface area contributed by atoms with Crippen molar-refractivity contribution < 1.29 is 4.74 Å². The number of nitrogens with zero attached hydrogens (tertiary/aromatic N) is 4. The van der Waals surface area contributed by atoms with Gasteiger partial charge in [-0.1, -0.05) is 27.2 Å². The maximum Gasteiger partial charge on any atom is 0.161 e. The van der Waals surface area contributed by atoms with Crippen LogP contribution < -0.4 is 0 Å². The summed E-state index contributed by atoms with van der Waals surface area (Å²) in [5.41, 5.74) is 3.32. The number of hydrogen-bond acceptors (Lipinski definition) is 4. The highest BCUT2D eigenvalue weighted by Crippen LogP contribution is 2.24. The SMILES string of the molecule is COCc1cc(CN2CCCCC2)cc2nnc(C(C)(C)C)n12. The van der Waals surface area contributed by atoms with Crippen molar-refractivity contribution in [3.63, 3.8) is 0 Å². The monoisotopic (exact) mass is 316 g/mol. The van der Waals surface area contributed by atoms with Gasteiger partial charge in [0.1, 0.15) is 5.82 Å². The number of ether oxygens (including phenoxy) is 1. The lowest BCUT2D eigenvalue weighted by molar-refractivity contribution is 0.179. The molecular formula is C18H28N4O. The molecule has 1 aliphatic heterocycles. The van der Waals surface area contributed by atoms with Crippen molar-refractivity contribution in [1.29, 1.82) is 0 Å². The third-order valence-electron chi connectivity index (χ3n) is 4.46. The van der Waals surface area contributed by atoms with E-state index < -0.39 is 0 Å². The van der Waals surface area contributed by atoms with Gasteiger partial charge in [-0.05, 0) is 43.6 Å². The zero-order valence-corrected chi connectivity index (χ0v) is 14.8. The van der Waals surface area contributed by atoms with E-state index >= 15 is 0 Å². The first-order valence-corrected chi connectivity index (χ1v) is 8.58. The molecule has 1 saturated heterocycles. The number of fused-ring (bicyclic) bond motifs is 1. The Morgan fingerprint density at radius 2 is 1.83 bits per heavy atom. The van der Waals surface area contributed by atoms with Crippen molar-refractivity contribution in [2.75, 3.05) is 20.2 Å². The number of aromatic nitrogens is 3. The van der Waals surface area contributed by atoms with E-state index in [4.69, 9.17) is 4.74 Å². The van der Waals surface area contributed by atoms with Crippen LogP contribution in [0.4, 0.5) is 0 Å². The predicted molar refractivity (Wildman–Crippen MR) is 91.5 cm³/mol. The summed E-state index contributed by atoms with van der Waals surface area (Å²) in [5, 5.41) is 8.86. The standard InChI is InChI=1S/C18H28N4O/c1-18(2,3)17-20-19-16-11-14(10-15(13-23-4)22(16)17)12-21-8-6-5-7-9-21/h10-11H,5-9,12-13H2,1-4H3. The molecule has 0 aromatic carbocycles. The van der Waals surface area contributed by atoms with E-state index in [1.165, 1.54) is 37.9 Å². The minimum Gasteiger partial charge on any atom is -0.378 e. The van der Waals surface area contributed by atoms with Crippen LogP contribution in [0.25, 0.3) is 5.65 Å². The minimum absolute atomic E-state index is 0.0453. The van der Waals surface area contributed by atoms with Crippen molar-refractivity contribution in [1.82, 2.24) is 19.5 Å². The molecular weight excluding hydrogens is 288 g/mol. The van der Waals surface area contributed by atoms with Crippen LogP contribution in [0, 0.1) is 0 Å². The molecule has 5 heteroatoms. The maximum atomic E-state index is 5.43. The summed E-state index contributed by atoms with van der Waals surface area (Å²) < 4.78 is 7.58. The lowest BCUT2D eigenvalue weighted by Gasteiger charge is -2.26. The van der Waals surface area contributed by atoms with Gasteiger partial charge in [0, 0.05) is 19.1 Å². The summed E-state index contributed by atoms with van der Waals surface area (Å²) in [6.45, 7) is 10.5. The fraction of sp³-hybridized carbons (Fsp3) is 0.667. The molecule has 1 fully saturated rings. The minimum atomic E-state index is -0.0453. The first kappa shape index (κ1) is 16.4. The Labute approximate surface area is 138 Å². The van der Waals surface area contributed by atoms with Crippen LogP contribution in [0.15, 0.2) is 12.1 Å². The average molecular weight is 316 g/mol. The van der Waals surface area contributed by atoms with Crippen LogP contribution in [0.3, 0.4) is 0 Å². The molecule has 5 nitrogen and oxygen atoms in total. The fourth-order valence-corrected chi connectivity index (χ4v) is 3.37. The maximum absolute atomic E-state index is 5.43. The quantitative estimate of drug-likeness (QED) is 0.869. The number of methoxy groups -OCH3 is 1. The van der Waals surface area contributed by atoms with Gasteiger partial charge in [-0.15, -0.1) is 10.2 Å². The zero-order chi connectivity index (χ0) is 16.4. The Hall–Kier alpha value is -1.46. The highest BCUT2D eigenvalue weighted by Gasteiger charge is 2.23. The highest BCUT2D eigenvalue weighted by molar-refractivity contribution is 5.44. The number of rotatable bonds is 4. The van der Waals surface area contributed by atoms with Crippen molar-refractivity contribution in [2.45, 2.75) is 58.6 Å². The second-order valence-electron chi connectivity index (χ2n) is 7.59. The molecule has 0 aliphatic carbocycles. The molecule has 0 amide bonds. The zero-order valence-electron chi connectivity index (χ0n) is 14.8. The highest BCUT2D eigenvalue weighted by atomic mass is 16.5. The molecule has 0 bridgehead atoms. The van der Waals surface area contributed by atoms with Gasteiger partial charge < -0.3 is 4.74 Å². The van der Waals surface area contributed by atoms with Crippen LogP contribution in [0.1, 0.15) is 57.1 Å². The Morgan fingerprint density at radius 3 is 2.48 bits per heavy atom. The van der Waals surface area contributed by atoms with E-state index in [0.717, 1.165) is 23.7 Å². The number of likely N-dealkylation sites (tertiary alicyclic amines) is 1. The molecule has 126 valence electrons. The van der Waals surface area contributed by atoms with Gasteiger partial charge in [0.15, 0.2) is 5.65 Å². The summed E-state index contributed by atoms with van der Waals surface area (Å²) >= 11 is 0. The molecule has 3 heterocycles. The van der Waals surface area contributed by atoms with Gasteiger partial charge in [0.2, 0.25) is 0 Å². The van der Waals surface area contributed by atoms with E-state index in [1.807, 2.05) is 0 Å². The molecule has 0 unspecified atom stereocenters. The molecule has 2 aromatic heterocycles. The van der Waals surface area contributed by atoms with Crippen LogP contribution in [0.5, 0.6) is 0 Å². The van der Waals surface area contributed by atoms with Crippen molar-refractivity contribution in [3.05, 3.63) is 29.2 Å². The molecule has 0 saturated carbocycles. The normalized spacial score (nSPS) is 17.0. The van der Waals surface area contributed by atoms with Gasteiger partial charge in [0.25, 0.3) is 0 Å². The Morgan fingerprint density at radius 1 is 1.09 bits per heavy atom. The summed E-state index contributed by atoms with van der Waals surface area (Å²) in [6, 6.07) is 4.43. The number of piperidine rings is 1. The first-order chi connectivity index (χ1) is 11.0. The molecule has 1 aliphatic rings. The Balaban J connectivity index is 1.98. The van der Waals surface area contributed by atoms with Gasteiger partial charge >= 0.3 is 0 Å². The van der Waals surface area contributed by atoms with Gasteiger partial charge in [-0.2, -0.15) is 0 Å². The summed E-state index contributed by atoms with van der Waals surface area (Å²) in [5.74, 6) is 0.990. The van der Waals surface area contributed by atoms with E-state index in [9.17, 15) is 0 Å². The average Bonchev–Trinajstić information content (AvgIpc) is 2.93. The second-order valence-corrected chi connectivity index (χ2v) is 7.59. The lowest BCUT2D eigenvalue weighted by Crippen LogP contribution is -2.29. The first-order valence-electron chi connectivity index (χ1n) is 8.58. The summed E-state index contributed by atoms with van der Waals surface area (Å²) in [6.07, 6.45) is 3.99.